The monoisotopic (exact) mass is 356 g/mol. The van der Waals surface area contributed by atoms with E-state index in [4.69, 9.17) is 16.3 Å². The quantitative estimate of drug-likeness (QED) is 0.556. The number of hydrogen-bond donors (Lipinski definition) is 2. The highest BCUT2D eigenvalue weighted by Crippen LogP contribution is 2.34. The van der Waals surface area contributed by atoms with Gasteiger partial charge in [0.05, 0.1) is 23.3 Å². The summed E-state index contributed by atoms with van der Waals surface area (Å²) in [5.74, 6) is 0.0142. The van der Waals surface area contributed by atoms with Crippen LogP contribution in [0.5, 0.6) is 5.75 Å². The molecule has 0 bridgehead atoms. The summed E-state index contributed by atoms with van der Waals surface area (Å²) in [4.78, 5) is 33.0. The van der Waals surface area contributed by atoms with Crippen LogP contribution in [-0.2, 0) is 9.59 Å². The molecule has 25 heavy (non-hydrogen) atoms. The van der Waals surface area contributed by atoms with E-state index in [1.807, 2.05) is 24.3 Å². The summed E-state index contributed by atoms with van der Waals surface area (Å²) in [7, 11) is 0. The molecule has 0 aliphatic carbocycles. The van der Waals surface area contributed by atoms with Gasteiger partial charge in [0.1, 0.15) is 6.54 Å². The highest BCUT2D eigenvalue weighted by molar-refractivity contribution is 6.31. The zero-order chi connectivity index (χ0) is 17.4. The van der Waals surface area contributed by atoms with Gasteiger partial charge in [-0.2, -0.15) is 0 Å². The van der Waals surface area contributed by atoms with Gasteiger partial charge in [0.15, 0.2) is 5.75 Å². The first-order chi connectivity index (χ1) is 12.1. The third-order valence-electron chi connectivity index (χ3n) is 3.79. The maximum absolute atomic E-state index is 12.4. The molecule has 1 aliphatic rings. The number of ether oxygens (including phenoxy) is 1. The lowest BCUT2D eigenvalue weighted by atomic mass is 10.2. The maximum atomic E-state index is 12.4. The number of amides is 1. The number of nitrogens with zero attached hydrogens (tertiary/aromatic N) is 2. The second kappa shape index (κ2) is 6.10. The smallest absolute Gasteiger partial charge is 0.331 e. The van der Waals surface area contributed by atoms with Crippen molar-refractivity contribution in [2.45, 2.75) is 0 Å². The molecule has 3 aromatic rings. The van der Waals surface area contributed by atoms with Crippen LogP contribution in [-0.4, -0.2) is 34.9 Å². The fourth-order valence-electron chi connectivity index (χ4n) is 2.72. The van der Waals surface area contributed by atoms with Crippen LogP contribution in [0.4, 0.5) is 11.6 Å². The molecule has 7 nitrogen and oxygen atoms in total. The van der Waals surface area contributed by atoms with Crippen molar-refractivity contribution in [2.24, 2.45) is 0 Å². The number of fused-ring (bicyclic) bond motifs is 2. The number of carbonyl (C=O) groups excluding carboxylic acids is 2. The van der Waals surface area contributed by atoms with Crippen LogP contribution in [0, 0.1) is 0 Å². The lowest BCUT2D eigenvalue weighted by Gasteiger charge is -2.29. The minimum absolute atomic E-state index is 0.0269. The van der Waals surface area contributed by atoms with Gasteiger partial charge >= 0.3 is 5.97 Å². The van der Waals surface area contributed by atoms with E-state index in [1.165, 1.54) is 0 Å². The van der Waals surface area contributed by atoms with E-state index in [2.05, 4.69) is 15.3 Å². The summed E-state index contributed by atoms with van der Waals surface area (Å²) in [5, 5.41) is 3.21. The normalized spacial score (nSPS) is 13.5. The minimum atomic E-state index is -0.425. The Kier molecular flexibility index (Phi) is 3.77. The molecule has 1 aliphatic heterocycles. The van der Waals surface area contributed by atoms with Gasteiger partial charge in [-0.1, -0.05) is 23.7 Å². The van der Waals surface area contributed by atoms with Crippen LogP contribution >= 0.6 is 11.6 Å². The van der Waals surface area contributed by atoms with E-state index in [9.17, 15) is 9.59 Å². The molecule has 0 radical (unpaired) electrons. The van der Waals surface area contributed by atoms with Gasteiger partial charge in [0.2, 0.25) is 11.9 Å². The first-order valence-corrected chi connectivity index (χ1v) is 7.96. The standard InChI is InChI=1S/C17H13ClN4O3/c18-10-5-6-14-13(7-10)22(9-16(24)25-14)8-15(23)21-17-19-11-3-1-2-4-12(11)20-17/h1-7H,8-9H2,(H2,19,20,21,23). The number of nitrogens with one attached hydrogen (secondary N) is 2. The first-order valence-electron chi connectivity index (χ1n) is 7.58. The summed E-state index contributed by atoms with van der Waals surface area (Å²) < 4.78 is 5.17. The number of anilines is 2. The van der Waals surface area contributed by atoms with Gasteiger partial charge < -0.3 is 14.6 Å². The SMILES string of the molecule is O=C(CN1CC(=O)Oc2ccc(Cl)cc21)Nc1nc2ccccc2[nH]1. The highest BCUT2D eigenvalue weighted by Gasteiger charge is 2.26. The van der Waals surface area contributed by atoms with E-state index < -0.39 is 5.97 Å². The van der Waals surface area contributed by atoms with Crippen molar-refractivity contribution in [3.05, 3.63) is 47.5 Å². The molecule has 0 spiro atoms. The van der Waals surface area contributed by atoms with Crippen molar-refractivity contribution in [2.75, 3.05) is 23.3 Å². The summed E-state index contributed by atoms with van der Waals surface area (Å²) in [6.07, 6.45) is 0. The molecule has 0 unspecified atom stereocenters. The Balaban J connectivity index is 1.52. The predicted octanol–water partition coefficient (Wildman–Crippen LogP) is 2.58. The Morgan fingerprint density at radius 1 is 1.32 bits per heavy atom. The molecule has 0 fully saturated rings. The molecule has 126 valence electrons. The van der Waals surface area contributed by atoms with Crippen LogP contribution < -0.4 is 15.0 Å². The van der Waals surface area contributed by atoms with Crippen molar-refractivity contribution < 1.29 is 14.3 Å². The Labute approximate surface area is 147 Å². The lowest BCUT2D eigenvalue weighted by molar-refractivity contribution is -0.133. The number of benzene rings is 2. The second-order valence-corrected chi connectivity index (χ2v) is 6.03. The number of H-pyrrole nitrogens is 1. The summed E-state index contributed by atoms with van der Waals surface area (Å²) in [6, 6.07) is 12.4. The molecular weight excluding hydrogens is 344 g/mol. The van der Waals surface area contributed by atoms with E-state index >= 15 is 0 Å². The topological polar surface area (TPSA) is 87.3 Å². The van der Waals surface area contributed by atoms with Crippen LogP contribution in [0.15, 0.2) is 42.5 Å². The zero-order valence-electron chi connectivity index (χ0n) is 13.0. The van der Waals surface area contributed by atoms with Gasteiger partial charge in [-0.15, -0.1) is 0 Å². The molecule has 0 saturated heterocycles. The molecule has 8 heteroatoms. The summed E-state index contributed by atoms with van der Waals surface area (Å²) in [6.45, 7) is -0.0552. The zero-order valence-corrected chi connectivity index (χ0v) is 13.7. The molecule has 2 N–H and O–H groups in total. The molecule has 4 rings (SSSR count). The Hall–Kier alpha value is -3.06. The third kappa shape index (κ3) is 3.14. The molecule has 2 aromatic carbocycles. The van der Waals surface area contributed by atoms with E-state index in [1.54, 1.807) is 23.1 Å². The van der Waals surface area contributed by atoms with E-state index in [0.717, 1.165) is 11.0 Å². The average molecular weight is 357 g/mol. The van der Waals surface area contributed by atoms with Crippen molar-refractivity contribution in [3.63, 3.8) is 0 Å². The molecule has 0 atom stereocenters. The molecule has 2 heterocycles. The molecular formula is C17H13ClN4O3. The van der Waals surface area contributed by atoms with Crippen molar-refractivity contribution in [1.29, 1.82) is 0 Å². The van der Waals surface area contributed by atoms with Gasteiger partial charge in [0, 0.05) is 5.02 Å². The number of aromatic amines is 1. The number of imidazole rings is 1. The fourth-order valence-corrected chi connectivity index (χ4v) is 2.88. The van der Waals surface area contributed by atoms with Crippen LogP contribution in [0.1, 0.15) is 0 Å². The summed E-state index contributed by atoms with van der Waals surface area (Å²) >= 11 is 6.01. The van der Waals surface area contributed by atoms with Crippen LogP contribution in [0.2, 0.25) is 5.02 Å². The predicted molar refractivity (Wildman–Crippen MR) is 94.0 cm³/mol. The number of hydrogen-bond acceptors (Lipinski definition) is 5. The van der Waals surface area contributed by atoms with Gasteiger partial charge in [-0.25, -0.2) is 9.78 Å². The largest absolute Gasteiger partial charge is 0.423 e. The Morgan fingerprint density at radius 3 is 3.00 bits per heavy atom. The highest BCUT2D eigenvalue weighted by atomic mass is 35.5. The number of esters is 1. The molecule has 1 amide bonds. The number of halogens is 1. The fraction of sp³-hybridized carbons (Fsp3) is 0.118. The molecule has 1 aromatic heterocycles. The Morgan fingerprint density at radius 2 is 2.16 bits per heavy atom. The number of para-hydroxylation sites is 2. The maximum Gasteiger partial charge on any atom is 0.331 e. The van der Waals surface area contributed by atoms with Gasteiger partial charge in [-0.05, 0) is 30.3 Å². The number of rotatable bonds is 3. The third-order valence-corrected chi connectivity index (χ3v) is 4.02. The van der Waals surface area contributed by atoms with Crippen molar-refractivity contribution in [3.8, 4) is 5.75 Å². The van der Waals surface area contributed by atoms with Crippen molar-refractivity contribution in [1.82, 2.24) is 9.97 Å². The minimum Gasteiger partial charge on any atom is -0.423 e. The van der Waals surface area contributed by atoms with Gasteiger partial charge in [0.25, 0.3) is 0 Å². The average Bonchev–Trinajstić information content (AvgIpc) is 2.97. The van der Waals surface area contributed by atoms with E-state index in [0.29, 0.717) is 22.4 Å². The number of carbonyl (C=O) groups is 2. The second-order valence-electron chi connectivity index (χ2n) is 5.59. The molecule has 0 saturated carbocycles. The van der Waals surface area contributed by atoms with E-state index in [-0.39, 0.29) is 19.0 Å². The number of aromatic nitrogens is 2. The van der Waals surface area contributed by atoms with Gasteiger partial charge in [-0.3, -0.25) is 10.1 Å². The summed E-state index contributed by atoms with van der Waals surface area (Å²) in [5.41, 5.74) is 2.19. The lowest BCUT2D eigenvalue weighted by Crippen LogP contribution is -2.41. The Bertz CT molecular complexity index is 952. The van der Waals surface area contributed by atoms with Crippen LogP contribution in [0.3, 0.4) is 0 Å². The first kappa shape index (κ1) is 15.5. The van der Waals surface area contributed by atoms with Crippen LogP contribution in [0.25, 0.3) is 11.0 Å². The van der Waals surface area contributed by atoms with Crippen molar-refractivity contribution >= 4 is 46.1 Å².